The molecule has 1 aliphatic carbocycles. The van der Waals surface area contributed by atoms with Crippen LogP contribution in [0.5, 0.6) is 0 Å². The lowest BCUT2D eigenvalue weighted by Gasteiger charge is -2.30. The van der Waals surface area contributed by atoms with Gasteiger partial charge in [-0.1, -0.05) is 25.5 Å². The molecule has 1 aliphatic rings. The third kappa shape index (κ3) is 1.90. The van der Waals surface area contributed by atoms with Crippen molar-refractivity contribution in [2.45, 2.75) is 44.1 Å². The average Bonchev–Trinajstić information content (AvgIpc) is 2.74. The Morgan fingerprint density at radius 1 is 1.56 bits per heavy atom. The maximum Gasteiger partial charge on any atom is 0.336 e. The second-order valence-corrected chi connectivity index (χ2v) is 4.88. The summed E-state index contributed by atoms with van der Waals surface area (Å²) in [7, 11) is 0. The van der Waals surface area contributed by atoms with Crippen LogP contribution in [-0.4, -0.2) is 21.8 Å². The maximum atomic E-state index is 13.6. The Balaban J connectivity index is 2.43. The third-order valence-electron chi connectivity index (χ3n) is 3.79. The summed E-state index contributed by atoms with van der Waals surface area (Å²) in [6.07, 6.45) is 1.73. The quantitative estimate of drug-likeness (QED) is 0.865. The predicted molar refractivity (Wildman–Crippen MR) is 65.0 cm³/mol. The summed E-state index contributed by atoms with van der Waals surface area (Å²) in [5.41, 5.74) is -0.583. The van der Waals surface area contributed by atoms with Crippen molar-refractivity contribution < 1.29 is 19.4 Å². The second-order valence-electron chi connectivity index (χ2n) is 4.88. The number of rotatable bonds is 4. The van der Waals surface area contributed by atoms with Gasteiger partial charge in [-0.2, -0.15) is 0 Å². The van der Waals surface area contributed by atoms with E-state index in [0.29, 0.717) is 30.4 Å². The average molecular weight is 252 g/mol. The molecule has 2 rings (SSSR count). The fourth-order valence-electron chi connectivity index (χ4n) is 2.92. The molecule has 0 heterocycles. The Hall–Kier alpha value is -1.42. The summed E-state index contributed by atoms with van der Waals surface area (Å²) in [6.45, 7) is 1.83. The summed E-state index contributed by atoms with van der Waals surface area (Å²) in [5, 5.41) is 19.7. The highest BCUT2D eigenvalue weighted by Gasteiger charge is 2.47. The van der Waals surface area contributed by atoms with E-state index in [1.165, 1.54) is 6.07 Å². The van der Waals surface area contributed by atoms with Crippen molar-refractivity contribution in [1.29, 1.82) is 0 Å². The van der Waals surface area contributed by atoms with E-state index in [4.69, 9.17) is 0 Å². The number of fused-ring (bicyclic) bond motifs is 1. The van der Waals surface area contributed by atoms with Crippen LogP contribution in [0.15, 0.2) is 18.2 Å². The van der Waals surface area contributed by atoms with Gasteiger partial charge in [0.1, 0.15) is 5.82 Å². The first-order valence-electron chi connectivity index (χ1n) is 6.23. The molecular weight excluding hydrogens is 235 g/mol. The van der Waals surface area contributed by atoms with Crippen LogP contribution in [0.4, 0.5) is 4.39 Å². The number of halogens is 1. The molecule has 0 spiro atoms. The van der Waals surface area contributed by atoms with Gasteiger partial charge in [-0.05, 0) is 36.5 Å². The molecule has 0 fully saturated rings. The van der Waals surface area contributed by atoms with Gasteiger partial charge in [0.15, 0.2) is 5.60 Å². The van der Waals surface area contributed by atoms with Crippen molar-refractivity contribution in [1.82, 2.24) is 0 Å². The van der Waals surface area contributed by atoms with E-state index in [9.17, 15) is 19.4 Å². The number of hydrogen-bond donors (Lipinski definition) is 2. The molecule has 0 saturated carbocycles. The second kappa shape index (κ2) is 4.69. The summed E-state index contributed by atoms with van der Waals surface area (Å²) in [6, 6.07) is 4.67. The molecule has 4 heteroatoms. The lowest BCUT2D eigenvalue weighted by Crippen LogP contribution is -2.43. The van der Waals surface area contributed by atoms with Crippen molar-refractivity contribution >= 4 is 5.97 Å². The summed E-state index contributed by atoms with van der Waals surface area (Å²) >= 11 is 0. The fourth-order valence-corrected chi connectivity index (χ4v) is 2.92. The first kappa shape index (κ1) is 13.0. The van der Waals surface area contributed by atoms with Gasteiger partial charge >= 0.3 is 5.97 Å². The monoisotopic (exact) mass is 252 g/mol. The van der Waals surface area contributed by atoms with Gasteiger partial charge in [0.05, 0.1) is 0 Å². The van der Waals surface area contributed by atoms with E-state index >= 15 is 0 Å². The van der Waals surface area contributed by atoms with Crippen molar-refractivity contribution in [3.05, 3.63) is 35.1 Å². The Morgan fingerprint density at radius 3 is 2.89 bits per heavy atom. The first-order valence-corrected chi connectivity index (χ1v) is 6.23. The van der Waals surface area contributed by atoms with Crippen LogP contribution in [0.25, 0.3) is 0 Å². The van der Waals surface area contributed by atoms with E-state index in [1.807, 2.05) is 6.92 Å². The van der Waals surface area contributed by atoms with Crippen molar-refractivity contribution in [2.24, 2.45) is 0 Å². The Bertz CT molecular complexity index is 472. The molecule has 0 saturated heterocycles. The normalized spacial score (nSPS) is 21.4. The first-order chi connectivity index (χ1) is 8.50. The van der Waals surface area contributed by atoms with Crippen molar-refractivity contribution in [3.63, 3.8) is 0 Å². The molecule has 2 N–H and O–H groups in total. The maximum absolute atomic E-state index is 13.6. The van der Waals surface area contributed by atoms with Crippen LogP contribution < -0.4 is 0 Å². The molecule has 1 aromatic carbocycles. The van der Waals surface area contributed by atoms with E-state index < -0.39 is 17.5 Å². The number of aliphatic hydroxyl groups is 1. The number of hydrogen-bond acceptors (Lipinski definition) is 2. The highest BCUT2D eigenvalue weighted by Crippen LogP contribution is 2.43. The Labute approximate surface area is 105 Å². The highest BCUT2D eigenvalue weighted by atomic mass is 19.1. The number of carboxylic acid groups (broad SMARTS) is 1. The number of carbonyl (C=O) groups is 1. The van der Waals surface area contributed by atoms with Gasteiger partial charge in [-0.15, -0.1) is 0 Å². The molecule has 3 nitrogen and oxygen atoms in total. The molecule has 18 heavy (non-hydrogen) atoms. The SMILES string of the molecule is CCCC(O)(C(=O)O)C1CCc2c(F)cccc21. The number of carboxylic acids is 1. The van der Waals surface area contributed by atoms with Gasteiger partial charge in [0.2, 0.25) is 0 Å². The van der Waals surface area contributed by atoms with Crippen LogP contribution in [0.1, 0.15) is 43.2 Å². The van der Waals surface area contributed by atoms with Gasteiger partial charge < -0.3 is 10.2 Å². The smallest absolute Gasteiger partial charge is 0.336 e. The van der Waals surface area contributed by atoms with Gasteiger partial charge in [0.25, 0.3) is 0 Å². The van der Waals surface area contributed by atoms with Crippen molar-refractivity contribution in [2.75, 3.05) is 0 Å². The van der Waals surface area contributed by atoms with E-state index in [0.717, 1.165) is 0 Å². The minimum absolute atomic E-state index is 0.183. The molecule has 0 radical (unpaired) electrons. The molecule has 2 unspecified atom stereocenters. The van der Waals surface area contributed by atoms with Gasteiger partial charge in [-0.3, -0.25) is 0 Å². The molecule has 98 valence electrons. The fraction of sp³-hybridized carbons (Fsp3) is 0.500. The van der Waals surface area contributed by atoms with Crippen LogP contribution in [0, 0.1) is 5.82 Å². The summed E-state index contributed by atoms with van der Waals surface area (Å²) < 4.78 is 13.6. The van der Waals surface area contributed by atoms with E-state index in [-0.39, 0.29) is 12.2 Å². The molecule has 0 aromatic heterocycles. The zero-order valence-corrected chi connectivity index (χ0v) is 10.3. The minimum atomic E-state index is -1.78. The standard InChI is InChI=1S/C14H17FO3/c1-2-8-14(18,13(16)17)11-7-6-10-9(11)4-3-5-12(10)15/h3-5,11,18H,2,6-8H2,1H3,(H,16,17). The van der Waals surface area contributed by atoms with Crippen LogP contribution in [-0.2, 0) is 11.2 Å². The van der Waals surface area contributed by atoms with Gasteiger partial charge in [0, 0.05) is 5.92 Å². The third-order valence-corrected chi connectivity index (χ3v) is 3.79. The highest BCUT2D eigenvalue weighted by molar-refractivity contribution is 5.79. The molecule has 0 amide bonds. The zero-order chi connectivity index (χ0) is 13.3. The van der Waals surface area contributed by atoms with E-state index in [1.54, 1.807) is 12.1 Å². The molecule has 1 aromatic rings. The molecular formula is C14H17FO3. The van der Waals surface area contributed by atoms with Gasteiger partial charge in [-0.25, -0.2) is 9.18 Å². The summed E-state index contributed by atoms with van der Waals surface area (Å²) in [4.78, 5) is 11.3. The summed E-state index contributed by atoms with van der Waals surface area (Å²) in [5.74, 6) is -2.04. The molecule has 0 aliphatic heterocycles. The Morgan fingerprint density at radius 2 is 2.28 bits per heavy atom. The number of benzene rings is 1. The topological polar surface area (TPSA) is 57.5 Å². The number of aliphatic carboxylic acids is 1. The molecule has 0 bridgehead atoms. The zero-order valence-electron chi connectivity index (χ0n) is 10.3. The van der Waals surface area contributed by atoms with E-state index in [2.05, 4.69) is 0 Å². The molecule has 2 atom stereocenters. The predicted octanol–water partition coefficient (Wildman–Crippen LogP) is 2.47. The lowest BCUT2D eigenvalue weighted by molar-refractivity contribution is -0.162. The largest absolute Gasteiger partial charge is 0.479 e. The Kier molecular flexibility index (Phi) is 3.39. The minimum Gasteiger partial charge on any atom is -0.479 e. The van der Waals surface area contributed by atoms with Crippen LogP contribution >= 0.6 is 0 Å². The van der Waals surface area contributed by atoms with Crippen molar-refractivity contribution in [3.8, 4) is 0 Å². The van der Waals surface area contributed by atoms with Crippen LogP contribution in [0.3, 0.4) is 0 Å². The lowest BCUT2D eigenvalue weighted by atomic mass is 9.80. The van der Waals surface area contributed by atoms with Crippen LogP contribution in [0.2, 0.25) is 0 Å².